The fourth-order valence-electron chi connectivity index (χ4n) is 1.87. The van der Waals surface area contributed by atoms with Crippen LogP contribution in [0.2, 0.25) is 10.0 Å². The van der Waals surface area contributed by atoms with Crippen molar-refractivity contribution in [3.63, 3.8) is 0 Å². The molecule has 0 fully saturated rings. The number of carbonyl (C=O) groups is 1. The van der Waals surface area contributed by atoms with Crippen molar-refractivity contribution in [2.75, 3.05) is 18.5 Å². The van der Waals surface area contributed by atoms with Crippen molar-refractivity contribution in [1.29, 1.82) is 0 Å². The largest absolute Gasteiger partial charge is 0.395 e. The van der Waals surface area contributed by atoms with Gasteiger partial charge in [0, 0.05) is 30.5 Å². The number of hydrogen-bond acceptors (Lipinski definition) is 3. The number of aliphatic hydroxyl groups excluding tert-OH is 1. The summed E-state index contributed by atoms with van der Waals surface area (Å²) < 4.78 is 0. The molecule has 2 rings (SSSR count). The molecule has 0 aliphatic rings. The Kier molecular flexibility index (Phi) is 6.00. The van der Waals surface area contributed by atoms with Crippen molar-refractivity contribution in [2.45, 2.75) is 6.54 Å². The van der Waals surface area contributed by atoms with Crippen molar-refractivity contribution in [3.8, 4) is 0 Å². The van der Waals surface area contributed by atoms with Crippen LogP contribution in [-0.4, -0.2) is 34.2 Å². The van der Waals surface area contributed by atoms with Crippen LogP contribution in [-0.2, 0) is 6.54 Å². The first-order valence-electron chi connectivity index (χ1n) is 6.61. The van der Waals surface area contributed by atoms with Gasteiger partial charge in [-0.3, -0.25) is 4.98 Å². The van der Waals surface area contributed by atoms with Crippen molar-refractivity contribution in [1.82, 2.24) is 9.88 Å². The first kappa shape index (κ1) is 16.5. The Labute approximate surface area is 138 Å². The lowest BCUT2D eigenvalue weighted by Gasteiger charge is -2.22. The van der Waals surface area contributed by atoms with E-state index in [-0.39, 0.29) is 19.2 Å². The molecule has 1 aromatic carbocycles. The molecular formula is C15H15Cl2N3O2. The summed E-state index contributed by atoms with van der Waals surface area (Å²) in [7, 11) is 0. The maximum absolute atomic E-state index is 12.4. The van der Waals surface area contributed by atoms with Crippen LogP contribution >= 0.6 is 23.2 Å². The minimum atomic E-state index is -0.373. The zero-order chi connectivity index (χ0) is 15.9. The van der Waals surface area contributed by atoms with Gasteiger partial charge in [-0.25, -0.2) is 4.79 Å². The quantitative estimate of drug-likeness (QED) is 0.877. The van der Waals surface area contributed by atoms with E-state index in [0.29, 0.717) is 22.3 Å². The second kappa shape index (κ2) is 7.98. The van der Waals surface area contributed by atoms with Crippen molar-refractivity contribution in [2.24, 2.45) is 0 Å². The molecule has 1 heterocycles. The third-order valence-corrected chi connectivity index (χ3v) is 3.49. The summed E-state index contributed by atoms with van der Waals surface area (Å²) in [5.41, 5.74) is 1.29. The fraction of sp³-hybridized carbons (Fsp3) is 0.200. The van der Waals surface area contributed by atoms with Crippen LogP contribution in [0, 0.1) is 0 Å². The highest BCUT2D eigenvalue weighted by molar-refractivity contribution is 6.35. The van der Waals surface area contributed by atoms with E-state index in [9.17, 15) is 4.79 Å². The highest BCUT2D eigenvalue weighted by Gasteiger charge is 2.15. The first-order chi connectivity index (χ1) is 10.6. The van der Waals surface area contributed by atoms with Gasteiger partial charge in [0.15, 0.2) is 0 Å². The number of hydrogen-bond donors (Lipinski definition) is 2. The minimum absolute atomic E-state index is 0.142. The topological polar surface area (TPSA) is 65.5 Å². The van der Waals surface area contributed by atoms with Crippen LogP contribution in [0.4, 0.5) is 10.5 Å². The second-order valence-electron chi connectivity index (χ2n) is 4.56. The Morgan fingerprint density at radius 1 is 1.32 bits per heavy atom. The van der Waals surface area contributed by atoms with Gasteiger partial charge in [-0.05, 0) is 29.8 Å². The predicted molar refractivity (Wildman–Crippen MR) is 87.2 cm³/mol. The van der Waals surface area contributed by atoms with E-state index in [2.05, 4.69) is 10.3 Å². The molecule has 0 aliphatic carbocycles. The van der Waals surface area contributed by atoms with Gasteiger partial charge in [0.1, 0.15) is 0 Å². The van der Waals surface area contributed by atoms with Crippen LogP contribution in [0.15, 0.2) is 42.7 Å². The summed E-state index contributed by atoms with van der Waals surface area (Å²) in [6.07, 6.45) is 3.33. The molecule has 0 spiro atoms. The SMILES string of the molecule is O=C(Nc1cc(Cl)ccc1Cl)N(CCO)Cc1cccnc1. The van der Waals surface area contributed by atoms with E-state index in [0.717, 1.165) is 5.56 Å². The van der Waals surface area contributed by atoms with E-state index >= 15 is 0 Å². The Bertz CT molecular complexity index is 638. The zero-order valence-electron chi connectivity index (χ0n) is 11.7. The molecule has 5 nitrogen and oxygen atoms in total. The van der Waals surface area contributed by atoms with Gasteiger partial charge in [-0.2, -0.15) is 0 Å². The molecule has 116 valence electrons. The Balaban J connectivity index is 2.11. The van der Waals surface area contributed by atoms with E-state index in [1.807, 2.05) is 6.07 Å². The zero-order valence-corrected chi connectivity index (χ0v) is 13.2. The summed E-state index contributed by atoms with van der Waals surface area (Å²) in [5.74, 6) is 0. The van der Waals surface area contributed by atoms with Gasteiger partial charge >= 0.3 is 6.03 Å². The standard InChI is InChI=1S/C15H15Cl2N3O2/c16-12-3-4-13(17)14(8-12)19-15(22)20(6-7-21)10-11-2-1-5-18-9-11/h1-5,8-9,21H,6-7,10H2,(H,19,22). The smallest absolute Gasteiger partial charge is 0.322 e. The molecule has 2 amide bonds. The Morgan fingerprint density at radius 2 is 2.14 bits per heavy atom. The number of halogens is 2. The average molecular weight is 340 g/mol. The molecule has 0 saturated heterocycles. The second-order valence-corrected chi connectivity index (χ2v) is 5.40. The number of amides is 2. The third kappa shape index (κ3) is 4.59. The van der Waals surface area contributed by atoms with Crippen molar-refractivity contribution in [3.05, 3.63) is 58.3 Å². The van der Waals surface area contributed by atoms with E-state index in [4.69, 9.17) is 28.3 Å². The fourth-order valence-corrected chi connectivity index (χ4v) is 2.21. The molecule has 0 unspecified atom stereocenters. The minimum Gasteiger partial charge on any atom is -0.395 e. The third-order valence-electron chi connectivity index (χ3n) is 2.92. The average Bonchev–Trinajstić information content (AvgIpc) is 2.51. The number of aromatic nitrogens is 1. The lowest BCUT2D eigenvalue weighted by atomic mass is 10.2. The molecule has 2 aromatic rings. The maximum Gasteiger partial charge on any atom is 0.322 e. The number of benzene rings is 1. The lowest BCUT2D eigenvalue weighted by molar-refractivity contribution is 0.185. The molecule has 0 aliphatic heterocycles. The van der Waals surface area contributed by atoms with E-state index < -0.39 is 0 Å². The lowest BCUT2D eigenvalue weighted by Crippen LogP contribution is -2.36. The first-order valence-corrected chi connectivity index (χ1v) is 7.36. The number of carbonyl (C=O) groups excluding carboxylic acids is 1. The van der Waals surface area contributed by atoms with Crippen LogP contribution in [0.25, 0.3) is 0 Å². The van der Waals surface area contributed by atoms with Crippen LogP contribution < -0.4 is 5.32 Å². The van der Waals surface area contributed by atoms with Crippen LogP contribution in [0.3, 0.4) is 0 Å². The Hall–Kier alpha value is -1.82. The molecule has 0 atom stereocenters. The molecule has 0 radical (unpaired) electrons. The highest BCUT2D eigenvalue weighted by Crippen LogP contribution is 2.25. The number of rotatable bonds is 5. The number of aliphatic hydroxyl groups is 1. The molecule has 0 saturated carbocycles. The summed E-state index contributed by atoms with van der Waals surface area (Å²) >= 11 is 11.9. The van der Waals surface area contributed by atoms with Gasteiger partial charge in [-0.1, -0.05) is 29.3 Å². The molecule has 1 aromatic heterocycles. The number of nitrogens with zero attached hydrogens (tertiary/aromatic N) is 2. The van der Waals surface area contributed by atoms with Gasteiger partial charge in [0.2, 0.25) is 0 Å². The molecule has 7 heteroatoms. The highest BCUT2D eigenvalue weighted by atomic mass is 35.5. The van der Waals surface area contributed by atoms with Crippen molar-refractivity contribution < 1.29 is 9.90 Å². The maximum atomic E-state index is 12.4. The number of anilines is 1. The molecule has 0 bridgehead atoms. The van der Waals surface area contributed by atoms with E-state index in [1.165, 1.54) is 4.90 Å². The normalized spacial score (nSPS) is 10.3. The molecule has 22 heavy (non-hydrogen) atoms. The predicted octanol–water partition coefficient (Wildman–Crippen LogP) is 3.41. The Morgan fingerprint density at radius 3 is 2.82 bits per heavy atom. The van der Waals surface area contributed by atoms with E-state index in [1.54, 1.807) is 36.7 Å². The summed E-state index contributed by atoms with van der Waals surface area (Å²) in [4.78, 5) is 17.8. The molecular weight excluding hydrogens is 325 g/mol. The van der Waals surface area contributed by atoms with Gasteiger partial charge in [0.05, 0.1) is 17.3 Å². The van der Waals surface area contributed by atoms with Gasteiger partial charge in [-0.15, -0.1) is 0 Å². The summed E-state index contributed by atoms with van der Waals surface area (Å²) in [5, 5.41) is 12.7. The number of nitrogens with one attached hydrogen (secondary N) is 1. The molecule has 2 N–H and O–H groups in total. The van der Waals surface area contributed by atoms with Crippen LogP contribution in [0.5, 0.6) is 0 Å². The number of pyridine rings is 1. The summed E-state index contributed by atoms with van der Waals surface area (Å²) in [6.45, 7) is 0.383. The monoisotopic (exact) mass is 339 g/mol. The van der Waals surface area contributed by atoms with Gasteiger partial charge < -0.3 is 15.3 Å². The van der Waals surface area contributed by atoms with Crippen LogP contribution in [0.1, 0.15) is 5.56 Å². The number of urea groups is 1. The summed E-state index contributed by atoms with van der Waals surface area (Å²) in [6, 6.07) is 8.10. The van der Waals surface area contributed by atoms with Gasteiger partial charge in [0.25, 0.3) is 0 Å². The van der Waals surface area contributed by atoms with Crippen molar-refractivity contribution >= 4 is 34.9 Å².